The van der Waals surface area contributed by atoms with Gasteiger partial charge >= 0.3 is 6.09 Å². The molecule has 1 aromatic rings. The Bertz CT molecular complexity index is 652. The third-order valence-corrected chi connectivity index (χ3v) is 4.25. The lowest BCUT2D eigenvalue weighted by atomic mass is 10.0. The summed E-state index contributed by atoms with van der Waals surface area (Å²) in [5.41, 5.74) is -0.489. The first kappa shape index (κ1) is 21.3. The standard InChI is InChI=1S/C20H31NO6/c1-19(2,3)27-18(22)21-14(12-26-20(21,4)5)11-15-16(24-7)9-8-10-17(15)25-13-23-6/h8-10,14H,11-13H2,1-7H3/t14-/m0/s1. The molecule has 0 N–H and O–H groups in total. The molecule has 0 radical (unpaired) electrons. The minimum atomic E-state index is -0.761. The van der Waals surface area contributed by atoms with Crippen molar-refractivity contribution >= 4 is 6.09 Å². The van der Waals surface area contributed by atoms with Crippen molar-refractivity contribution in [3.8, 4) is 11.5 Å². The monoisotopic (exact) mass is 381 g/mol. The average molecular weight is 381 g/mol. The smallest absolute Gasteiger partial charge is 0.412 e. The highest BCUT2D eigenvalue weighted by Crippen LogP contribution is 2.36. The highest BCUT2D eigenvalue weighted by Gasteiger charge is 2.46. The summed E-state index contributed by atoms with van der Waals surface area (Å²) in [5.74, 6) is 1.35. The van der Waals surface area contributed by atoms with Crippen LogP contribution >= 0.6 is 0 Å². The number of carbonyl (C=O) groups is 1. The molecular weight excluding hydrogens is 350 g/mol. The molecule has 0 aromatic heterocycles. The van der Waals surface area contributed by atoms with Crippen LogP contribution in [0.2, 0.25) is 0 Å². The molecule has 1 saturated heterocycles. The Morgan fingerprint density at radius 1 is 1.26 bits per heavy atom. The van der Waals surface area contributed by atoms with Gasteiger partial charge in [-0.05, 0) is 46.8 Å². The fourth-order valence-electron chi connectivity index (χ4n) is 3.15. The number of hydrogen-bond donors (Lipinski definition) is 0. The lowest BCUT2D eigenvalue weighted by Gasteiger charge is -2.35. The molecule has 1 atom stereocenters. The molecule has 0 saturated carbocycles. The summed E-state index contributed by atoms with van der Waals surface area (Å²) in [6.45, 7) is 9.79. The Balaban J connectivity index is 2.30. The maximum Gasteiger partial charge on any atom is 0.412 e. The van der Waals surface area contributed by atoms with Gasteiger partial charge in [-0.2, -0.15) is 0 Å². The van der Waals surface area contributed by atoms with E-state index in [0.717, 1.165) is 5.56 Å². The summed E-state index contributed by atoms with van der Waals surface area (Å²) < 4.78 is 27.7. The van der Waals surface area contributed by atoms with E-state index in [9.17, 15) is 4.79 Å². The van der Waals surface area contributed by atoms with Crippen molar-refractivity contribution in [2.45, 2.75) is 58.4 Å². The fourth-order valence-corrected chi connectivity index (χ4v) is 3.15. The average Bonchev–Trinajstić information content (AvgIpc) is 2.86. The van der Waals surface area contributed by atoms with E-state index in [-0.39, 0.29) is 12.8 Å². The summed E-state index contributed by atoms with van der Waals surface area (Å²) in [6, 6.07) is 5.37. The molecule has 27 heavy (non-hydrogen) atoms. The summed E-state index contributed by atoms with van der Waals surface area (Å²) in [7, 11) is 3.18. The topological polar surface area (TPSA) is 66.5 Å². The van der Waals surface area contributed by atoms with Crippen LogP contribution in [-0.4, -0.2) is 56.0 Å². The Kier molecular flexibility index (Phi) is 6.59. The van der Waals surface area contributed by atoms with E-state index in [0.29, 0.717) is 24.5 Å². The van der Waals surface area contributed by atoms with Gasteiger partial charge in [-0.15, -0.1) is 0 Å². The van der Waals surface area contributed by atoms with Crippen LogP contribution in [0.5, 0.6) is 11.5 Å². The number of carbonyl (C=O) groups excluding carboxylic acids is 1. The molecule has 0 unspecified atom stereocenters. The van der Waals surface area contributed by atoms with Crippen molar-refractivity contribution in [1.29, 1.82) is 0 Å². The van der Waals surface area contributed by atoms with Crippen molar-refractivity contribution in [1.82, 2.24) is 4.90 Å². The normalized spacial score (nSPS) is 19.1. The molecule has 1 amide bonds. The Labute approximate surface area is 161 Å². The summed E-state index contributed by atoms with van der Waals surface area (Å²) in [5, 5.41) is 0. The van der Waals surface area contributed by atoms with Crippen LogP contribution in [0.15, 0.2) is 18.2 Å². The molecule has 0 bridgehead atoms. The first-order chi connectivity index (χ1) is 12.6. The Morgan fingerprint density at radius 3 is 2.52 bits per heavy atom. The van der Waals surface area contributed by atoms with Crippen LogP contribution in [-0.2, 0) is 20.6 Å². The number of rotatable bonds is 6. The molecule has 152 valence electrons. The first-order valence-corrected chi connectivity index (χ1v) is 9.03. The predicted octanol–water partition coefficient (Wildman–Crippen LogP) is 3.59. The van der Waals surface area contributed by atoms with Gasteiger partial charge in [0.15, 0.2) is 6.79 Å². The number of amides is 1. The molecule has 1 aliphatic rings. The summed E-state index contributed by atoms with van der Waals surface area (Å²) >= 11 is 0. The van der Waals surface area contributed by atoms with Gasteiger partial charge in [0.1, 0.15) is 22.8 Å². The quantitative estimate of drug-likeness (QED) is 0.702. The van der Waals surface area contributed by atoms with Crippen LogP contribution in [0.1, 0.15) is 40.2 Å². The first-order valence-electron chi connectivity index (χ1n) is 9.03. The van der Waals surface area contributed by atoms with Gasteiger partial charge < -0.3 is 23.7 Å². The van der Waals surface area contributed by atoms with Crippen molar-refractivity contribution in [2.75, 3.05) is 27.6 Å². The van der Waals surface area contributed by atoms with Gasteiger partial charge in [0.25, 0.3) is 0 Å². The lowest BCUT2D eigenvalue weighted by molar-refractivity contribution is -0.0624. The van der Waals surface area contributed by atoms with E-state index >= 15 is 0 Å². The maximum absolute atomic E-state index is 12.8. The molecule has 0 spiro atoms. The van der Waals surface area contributed by atoms with Crippen molar-refractivity contribution in [3.05, 3.63) is 23.8 Å². The van der Waals surface area contributed by atoms with E-state index in [1.165, 1.54) is 0 Å². The lowest BCUT2D eigenvalue weighted by Crippen LogP contribution is -2.50. The number of benzene rings is 1. The minimum Gasteiger partial charge on any atom is -0.496 e. The van der Waals surface area contributed by atoms with Gasteiger partial charge in [0, 0.05) is 19.1 Å². The molecule has 2 rings (SSSR count). The second-order valence-corrected chi connectivity index (χ2v) is 7.95. The van der Waals surface area contributed by atoms with Crippen LogP contribution in [0, 0.1) is 0 Å². The molecule has 1 aromatic carbocycles. The molecule has 1 heterocycles. The predicted molar refractivity (Wildman–Crippen MR) is 101 cm³/mol. The second kappa shape index (κ2) is 8.35. The van der Waals surface area contributed by atoms with Gasteiger partial charge in [0.05, 0.1) is 19.8 Å². The van der Waals surface area contributed by atoms with E-state index < -0.39 is 17.4 Å². The Morgan fingerprint density at radius 2 is 1.93 bits per heavy atom. The minimum absolute atomic E-state index is 0.128. The number of ether oxygens (including phenoxy) is 5. The summed E-state index contributed by atoms with van der Waals surface area (Å²) in [4.78, 5) is 14.5. The fraction of sp³-hybridized carbons (Fsp3) is 0.650. The molecular formula is C20H31NO6. The zero-order valence-electron chi connectivity index (χ0n) is 17.3. The van der Waals surface area contributed by atoms with Crippen molar-refractivity contribution < 1.29 is 28.5 Å². The van der Waals surface area contributed by atoms with Crippen molar-refractivity contribution in [2.24, 2.45) is 0 Å². The largest absolute Gasteiger partial charge is 0.496 e. The Hall–Kier alpha value is -1.99. The number of hydrogen-bond acceptors (Lipinski definition) is 6. The van der Waals surface area contributed by atoms with Crippen LogP contribution in [0.4, 0.5) is 4.79 Å². The molecule has 1 aliphatic heterocycles. The van der Waals surface area contributed by atoms with E-state index in [1.807, 2.05) is 52.8 Å². The molecule has 7 nitrogen and oxygen atoms in total. The molecule has 1 fully saturated rings. The third-order valence-electron chi connectivity index (χ3n) is 4.25. The van der Waals surface area contributed by atoms with Gasteiger partial charge in [-0.1, -0.05) is 6.07 Å². The zero-order valence-corrected chi connectivity index (χ0v) is 17.3. The number of nitrogens with zero attached hydrogens (tertiary/aromatic N) is 1. The highest BCUT2D eigenvalue weighted by atomic mass is 16.7. The molecule has 0 aliphatic carbocycles. The van der Waals surface area contributed by atoms with E-state index in [1.54, 1.807) is 19.1 Å². The van der Waals surface area contributed by atoms with Gasteiger partial charge in [-0.3, -0.25) is 4.90 Å². The van der Waals surface area contributed by atoms with E-state index in [2.05, 4.69) is 0 Å². The van der Waals surface area contributed by atoms with Crippen LogP contribution in [0.3, 0.4) is 0 Å². The van der Waals surface area contributed by atoms with Crippen molar-refractivity contribution in [3.63, 3.8) is 0 Å². The zero-order chi connectivity index (χ0) is 20.2. The van der Waals surface area contributed by atoms with Crippen LogP contribution < -0.4 is 9.47 Å². The maximum atomic E-state index is 12.8. The highest BCUT2D eigenvalue weighted by molar-refractivity contribution is 5.70. The van der Waals surface area contributed by atoms with Gasteiger partial charge in [0.2, 0.25) is 0 Å². The van der Waals surface area contributed by atoms with Gasteiger partial charge in [-0.25, -0.2) is 4.79 Å². The summed E-state index contributed by atoms with van der Waals surface area (Å²) in [6.07, 6.45) is 0.107. The SMILES string of the molecule is COCOc1cccc(OC)c1C[C@H]1COC(C)(C)N1C(=O)OC(C)(C)C. The number of methoxy groups -OCH3 is 2. The molecule has 7 heteroatoms. The van der Waals surface area contributed by atoms with Crippen LogP contribution in [0.25, 0.3) is 0 Å². The second-order valence-electron chi connectivity index (χ2n) is 7.95. The van der Waals surface area contributed by atoms with E-state index in [4.69, 9.17) is 23.7 Å². The third kappa shape index (κ3) is 5.26.